The van der Waals surface area contributed by atoms with Crippen LogP contribution in [-0.2, 0) is 6.54 Å². The van der Waals surface area contributed by atoms with Crippen LogP contribution in [0.1, 0.15) is 48.3 Å². The molecule has 3 heterocycles. The van der Waals surface area contributed by atoms with Gasteiger partial charge in [-0.1, -0.05) is 26.8 Å². The fourth-order valence-corrected chi connectivity index (χ4v) is 4.16. The van der Waals surface area contributed by atoms with Gasteiger partial charge in [-0.15, -0.1) is 0 Å². The first-order chi connectivity index (χ1) is 16.0. The molecule has 1 aromatic carbocycles. The van der Waals surface area contributed by atoms with Crippen LogP contribution in [0.2, 0.25) is 0 Å². The fraction of sp³-hybridized carbons (Fsp3) is 0.400. The smallest absolute Gasteiger partial charge is 0.255 e. The number of benzene rings is 1. The van der Waals surface area contributed by atoms with E-state index in [4.69, 9.17) is 0 Å². The summed E-state index contributed by atoms with van der Waals surface area (Å²) in [5.74, 6) is 0.542. The summed E-state index contributed by atoms with van der Waals surface area (Å²) in [5.41, 5.74) is 2.97. The number of hydrogen-bond donors (Lipinski definition) is 1. The molecule has 0 aliphatic carbocycles. The van der Waals surface area contributed by atoms with Gasteiger partial charge in [0.05, 0.1) is 23.1 Å². The molecule has 0 saturated carbocycles. The van der Waals surface area contributed by atoms with Crippen molar-refractivity contribution in [2.45, 2.75) is 33.2 Å². The molecular formula is C25H31FN6O. The number of rotatable bonds is 7. The van der Waals surface area contributed by atoms with Gasteiger partial charge in [-0.25, -0.2) is 14.1 Å². The van der Waals surface area contributed by atoms with Gasteiger partial charge in [0.25, 0.3) is 5.91 Å². The minimum Gasteiger partial charge on any atom is -0.354 e. The summed E-state index contributed by atoms with van der Waals surface area (Å²) in [4.78, 5) is 22.3. The molecule has 1 saturated heterocycles. The van der Waals surface area contributed by atoms with Crippen molar-refractivity contribution in [3.63, 3.8) is 0 Å². The van der Waals surface area contributed by atoms with Crippen LogP contribution in [0.25, 0.3) is 5.69 Å². The molecule has 174 valence electrons. The molecule has 1 amide bonds. The summed E-state index contributed by atoms with van der Waals surface area (Å²) < 4.78 is 15.0. The van der Waals surface area contributed by atoms with Crippen molar-refractivity contribution in [1.82, 2.24) is 25.0 Å². The zero-order chi connectivity index (χ0) is 23.4. The summed E-state index contributed by atoms with van der Waals surface area (Å²) in [7, 11) is 0. The second-order valence-corrected chi connectivity index (χ2v) is 8.62. The van der Waals surface area contributed by atoms with Gasteiger partial charge in [0.1, 0.15) is 11.6 Å². The molecule has 0 radical (unpaired) electrons. The molecule has 2 aromatic heterocycles. The molecular weight excluding hydrogens is 419 g/mol. The first kappa shape index (κ1) is 22.9. The minimum atomic E-state index is -0.308. The molecule has 1 aliphatic rings. The summed E-state index contributed by atoms with van der Waals surface area (Å²) in [6.45, 7) is 11.7. The van der Waals surface area contributed by atoms with E-state index in [1.54, 1.807) is 23.0 Å². The quantitative estimate of drug-likeness (QED) is 0.596. The Hall–Kier alpha value is -3.26. The number of amides is 1. The molecule has 3 aromatic rings. The van der Waals surface area contributed by atoms with Crippen LogP contribution < -0.4 is 10.2 Å². The number of likely N-dealkylation sites (N-methyl/N-ethyl adjacent to an activating group) is 1. The average molecular weight is 451 g/mol. The summed E-state index contributed by atoms with van der Waals surface area (Å²) in [6, 6.07) is 10.1. The number of aromatic nitrogens is 3. The van der Waals surface area contributed by atoms with Crippen LogP contribution in [0, 0.1) is 5.82 Å². The fourth-order valence-electron chi connectivity index (χ4n) is 4.16. The second kappa shape index (κ2) is 10.1. The Bertz CT molecular complexity index is 1070. The van der Waals surface area contributed by atoms with Crippen molar-refractivity contribution < 1.29 is 9.18 Å². The van der Waals surface area contributed by atoms with Crippen LogP contribution >= 0.6 is 0 Å². The Kier molecular flexibility index (Phi) is 7.03. The third-order valence-electron chi connectivity index (χ3n) is 6.07. The van der Waals surface area contributed by atoms with E-state index in [9.17, 15) is 9.18 Å². The second-order valence-electron chi connectivity index (χ2n) is 8.62. The molecule has 33 heavy (non-hydrogen) atoms. The molecule has 7 nitrogen and oxygen atoms in total. The third-order valence-corrected chi connectivity index (χ3v) is 6.07. The third kappa shape index (κ3) is 5.22. The SMILES string of the molecule is CCN1CCN(c2ccc(CNC(=O)c3cnn(-c4ccc(F)cc4)c3C(C)C)cn2)CC1. The average Bonchev–Trinajstić information content (AvgIpc) is 3.29. The van der Waals surface area contributed by atoms with Crippen molar-refractivity contribution in [2.75, 3.05) is 37.6 Å². The number of pyridine rings is 1. The van der Waals surface area contributed by atoms with E-state index in [1.165, 1.54) is 12.1 Å². The molecule has 1 aliphatic heterocycles. The molecule has 0 bridgehead atoms. The number of nitrogens with one attached hydrogen (secondary N) is 1. The van der Waals surface area contributed by atoms with Crippen molar-refractivity contribution in [3.05, 3.63) is 71.4 Å². The Labute approximate surface area is 194 Å². The maximum atomic E-state index is 13.3. The molecule has 0 atom stereocenters. The standard InChI is InChI=1S/C25H31FN6O/c1-4-30-11-13-31(14-12-30)23-10-5-19(15-27-23)16-28-25(33)22-17-29-32(24(22)18(2)3)21-8-6-20(26)7-9-21/h5-10,15,17-18H,4,11-14,16H2,1-3H3,(H,28,33). The van der Waals surface area contributed by atoms with Crippen molar-refractivity contribution in [2.24, 2.45) is 0 Å². The predicted octanol–water partition coefficient (Wildman–Crippen LogP) is 3.60. The van der Waals surface area contributed by atoms with Crippen LogP contribution in [0.4, 0.5) is 10.2 Å². The summed E-state index contributed by atoms with van der Waals surface area (Å²) in [5, 5.41) is 7.38. The highest BCUT2D eigenvalue weighted by atomic mass is 19.1. The highest BCUT2D eigenvalue weighted by molar-refractivity contribution is 5.95. The van der Waals surface area contributed by atoms with E-state index in [0.717, 1.165) is 55.5 Å². The molecule has 8 heteroatoms. The van der Waals surface area contributed by atoms with E-state index < -0.39 is 0 Å². The van der Waals surface area contributed by atoms with Gasteiger partial charge < -0.3 is 15.1 Å². The first-order valence-corrected chi connectivity index (χ1v) is 11.5. The van der Waals surface area contributed by atoms with Gasteiger partial charge >= 0.3 is 0 Å². The number of carbonyl (C=O) groups is 1. The zero-order valence-electron chi connectivity index (χ0n) is 19.5. The van der Waals surface area contributed by atoms with E-state index in [1.807, 2.05) is 32.2 Å². The van der Waals surface area contributed by atoms with E-state index in [0.29, 0.717) is 12.1 Å². The van der Waals surface area contributed by atoms with Crippen LogP contribution in [0.3, 0.4) is 0 Å². The number of halogens is 1. The topological polar surface area (TPSA) is 66.3 Å². The minimum absolute atomic E-state index is 0.0624. The summed E-state index contributed by atoms with van der Waals surface area (Å²) >= 11 is 0. The number of nitrogens with zero attached hydrogens (tertiary/aromatic N) is 5. The Morgan fingerprint density at radius 2 is 1.79 bits per heavy atom. The lowest BCUT2D eigenvalue weighted by molar-refractivity contribution is 0.0949. The van der Waals surface area contributed by atoms with E-state index in [-0.39, 0.29) is 17.6 Å². The molecule has 1 N–H and O–H groups in total. The number of hydrogen-bond acceptors (Lipinski definition) is 5. The number of anilines is 1. The van der Waals surface area contributed by atoms with Crippen LogP contribution in [-0.4, -0.2) is 58.3 Å². The van der Waals surface area contributed by atoms with Gasteiger partial charge in [-0.05, 0) is 48.4 Å². The number of piperazine rings is 1. The highest BCUT2D eigenvalue weighted by Gasteiger charge is 2.21. The monoisotopic (exact) mass is 450 g/mol. The van der Waals surface area contributed by atoms with Crippen molar-refractivity contribution in [3.8, 4) is 5.69 Å². The molecule has 0 unspecified atom stereocenters. The van der Waals surface area contributed by atoms with Gasteiger partial charge in [0.15, 0.2) is 0 Å². The lowest BCUT2D eigenvalue weighted by Crippen LogP contribution is -2.46. The Balaban J connectivity index is 1.41. The van der Waals surface area contributed by atoms with Gasteiger partial charge in [0, 0.05) is 38.9 Å². The van der Waals surface area contributed by atoms with E-state index >= 15 is 0 Å². The van der Waals surface area contributed by atoms with E-state index in [2.05, 4.69) is 32.1 Å². The zero-order valence-corrected chi connectivity index (χ0v) is 19.5. The largest absolute Gasteiger partial charge is 0.354 e. The first-order valence-electron chi connectivity index (χ1n) is 11.5. The Morgan fingerprint density at radius 3 is 2.39 bits per heavy atom. The summed E-state index contributed by atoms with van der Waals surface area (Å²) in [6.07, 6.45) is 3.40. The number of carbonyl (C=O) groups excluding carboxylic acids is 1. The van der Waals surface area contributed by atoms with Gasteiger partial charge in [-0.2, -0.15) is 5.10 Å². The van der Waals surface area contributed by atoms with Crippen LogP contribution in [0.5, 0.6) is 0 Å². The maximum Gasteiger partial charge on any atom is 0.255 e. The van der Waals surface area contributed by atoms with Crippen molar-refractivity contribution in [1.29, 1.82) is 0 Å². The Morgan fingerprint density at radius 1 is 1.06 bits per heavy atom. The lowest BCUT2D eigenvalue weighted by atomic mass is 10.0. The van der Waals surface area contributed by atoms with Crippen LogP contribution in [0.15, 0.2) is 48.8 Å². The maximum absolute atomic E-state index is 13.3. The lowest BCUT2D eigenvalue weighted by Gasteiger charge is -2.34. The molecule has 4 rings (SSSR count). The molecule has 1 fully saturated rings. The van der Waals surface area contributed by atoms with Crippen molar-refractivity contribution >= 4 is 11.7 Å². The van der Waals surface area contributed by atoms with Gasteiger partial charge in [0.2, 0.25) is 0 Å². The molecule has 0 spiro atoms. The normalized spacial score (nSPS) is 14.6. The highest BCUT2D eigenvalue weighted by Crippen LogP contribution is 2.23. The van der Waals surface area contributed by atoms with Gasteiger partial charge in [-0.3, -0.25) is 4.79 Å². The predicted molar refractivity (Wildman–Crippen MR) is 127 cm³/mol.